The van der Waals surface area contributed by atoms with Gasteiger partial charge in [-0.25, -0.2) is 4.39 Å². The molecular formula is C21H25FN2OS. The number of fused-ring (bicyclic) bond motifs is 2. The Morgan fingerprint density at radius 1 is 1.27 bits per heavy atom. The first kappa shape index (κ1) is 18.0. The molecule has 0 N–H and O–H groups in total. The lowest BCUT2D eigenvalue weighted by atomic mass is 9.80. The summed E-state index contributed by atoms with van der Waals surface area (Å²) in [7, 11) is 4.12. The lowest BCUT2D eigenvalue weighted by Gasteiger charge is -2.33. The Kier molecular flexibility index (Phi) is 5.04. The van der Waals surface area contributed by atoms with Gasteiger partial charge in [0.15, 0.2) is 0 Å². The number of hydrogen-bond donors (Lipinski definition) is 0. The lowest BCUT2D eigenvalue weighted by molar-refractivity contribution is -0.114. The molecule has 0 aromatic heterocycles. The molecule has 138 valence electrons. The Morgan fingerprint density at radius 3 is 2.77 bits per heavy atom. The molecule has 0 amide bonds. The summed E-state index contributed by atoms with van der Waals surface area (Å²) in [6.07, 6.45) is 6.51. The molecule has 0 saturated carbocycles. The summed E-state index contributed by atoms with van der Waals surface area (Å²) >= 11 is 1.47. The van der Waals surface area contributed by atoms with Crippen LogP contribution < -0.4 is 0 Å². The van der Waals surface area contributed by atoms with Gasteiger partial charge in [-0.2, -0.15) is 0 Å². The number of allylic oxidation sites excluding steroid dienone is 1. The Morgan fingerprint density at radius 2 is 2.04 bits per heavy atom. The molecule has 5 heteroatoms. The topological polar surface area (TPSA) is 23.6 Å². The lowest BCUT2D eigenvalue weighted by Crippen LogP contribution is -2.37. The van der Waals surface area contributed by atoms with Gasteiger partial charge in [-0.1, -0.05) is 36.0 Å². The Balaban J connectivity index is 1.74. The highest BCUT2D eigenvalue weighted by atomic mass is 32.2. The number of thioether (sulfide) groups is 1. The molecule has 3 atom stereocenters. The maximum atomic E-state index is 13.4. The van der Waals surface area contributed by atoms with Crippen LogP contribution in [0.5, 0.6) is 0 Å². The molecule has 0 bridgehead atoms. The van der Waals surface area contributed by atoms with Crippen LogP contribution in [0.25, 0.3) is 0 Å². The van der Waals surface area contributed by atoms with Crippen LogP contribution >= 0.6 is 11.8 Å². The van der Waals surface area contributed by atoms with E-state index >= 15 is 0 Å². The largest absolute Gasteiger partial charge is 0.305 e. The third kappa shape index (κ3) is 3.40. The molecule has 3 nitrogen and oxygen atoms in total. The summed E-state index contributed by atoms with van der Waals surface area (Å²) in [5, 5.41) is 0.296. The summed E-state index contributed by atoms with van der Waals surface area (Å²) in [5.74, 6) is 0.247. The SMILES string of the molecule is CN(C)CC1=C2SC(=O)C3CCCN3CC2C(c2ccc(F)cc2)C=C1. The highest BCUT2D eigenvalue weighted by Crippen LogP contribution is 2.47. The van der Waals surface area contributed by atoms with Crippen molar-refractivity contribution >= 4 is 16.9 Å². The minimum Gasteiger partial charge on any atom is -0.305 e. The van der Waals surface area contributed by atoms with Gasteiger partial charge < -0.3 is 4.90 Å². The van der Waals surface area contributed by atoms with Crippen molar-refractivity contribution in [1.82, 2.24) is 9.80 Å². The van der Waals surface area contributed by atoms with Gasteiger partial charge >= 0.3 is 0 Å². The van der Waals surface area contributed by atoms with Crippen molar-refractivity contribution in [2.24, 2.45) is 5.92 Å². The van der Waals surface area contributed by atoms with Crippen LogP contribution in [0.3, 0.4) is 0 Å². The number of hydrogen-bond acceptors (Lipinski definition) is 4. The molecule has 3 aliphatic rings. The van der Waals surface area contributed by atoms with E-state index in [1.54, 1.807) is 0 Å². The van der Waals surface area contributed by atoms with Crippen molar-refractivity contribution < 1.29 is 9.18 Å². The molecule has 1 aromatic rings. The third-order valence-corrected chi connectivity index (χ3v) is 6.87. The van der Waals surface area contributed by atoms with Crippen LogP contribution in [0.1, 0.15) is 24.3 Å². The maximum absolute atomic E-state index is 13.4. The minimum atomic E-state index is -0.206. The van der Waals surface area contributed by atoms with Gasteiger partial charge in [0, 0.05) is 29.8 Å². The number of carbonyl (C=O) groups is 1. The average molecular weight is 373 g/mol. The predicted octanol–water partition coefficient (Wildman–Crippen LogP) is 3.65. The molecule has 2 heterocycles. The van der Waals surface area contributed by atoms with E-state index in [-0.39, 0.29) is 23.7 Å². The molecule has 2 aliphatic heterocycles. The van der Waals surface area contributed by atoms with Crippen molar-refractivity contribution in [3.05, 3.63) is 58.3 Å². The smallest absolute Gasteiger partial charge is 0.210 e. The summed E-state index contributed by atoms with van der Waals surface area (Å²) in [4.78, 5) is 18.6. The maximum Gasteiger partial charge on any atom is 0.210 e. The molecule has 1 aromatic carbocycles. The van der Waals surface area contributed by atoms with Gasteiger partial charge in [-0.3, -0.25) is 9.69 Å². The predicted molar refractivity (Wildman–Crippen MR) is 105 cm³/mol. The molecule has 3 unspecified atom stereocenters. The second-order valence-electron chi connectivity index (χ2n) is 7.74. The van der Waals surface area contributed by atoms with Crippen LogP contribution in [0, 0.1) is 11.7 Å². The highest BCUT2D eigenvalue weighted by molar-refractivity contribution is 8.17. The van der Waals surface area contributed by atoms with E-state index < -0.39 is 0 Å². The third-order valence-electron chi connectivity index (χ3n) is 5.61. The Hall–Kier alpha value is -1.43. The van der Waals surface area contributed by atoms with E-state index in [1.165, 1.54) is 34.4 Å². The van der Waals surface area contributed by atoms with Crippen LogP contribution in [-0.4, -0.2) is 54.7 Å². The normalized spacial score (nSPS) is 29.1. The van der Waals surface area contributed by atoms with E-state index in [1.807, 2.05) is 12.1 Å². The highest BCUT2D eigenvalue weighted by Gasteiger charge is 2.41. The van der Waals surface area contributed by atoms with Crippen LogP contribution in [0.4, 0.5) is 4.39 Å². The van der Waals surface area contributed by atoms with Crippen molar-refractivity contribution in [3.8, 4) is 0 Å². The zero-order chi connectivity index (χ0) is 18.3. The monoisotopic (exact) mass is 372 g/mol. The fourth-order valence-electron chi connectivity index (χ4n) is 4.42. The number of nitrogens with zero attached hydrogens (tertiary/aromatic N) is 2. The number of carbonyl (C=O) groups excluding carboxylic acids is 1. The molecule has 2 fully saturated rings. The number of halogens is 1. The first-order valence-corrected chi connectivity index (χ1v) is 10.1. The molecule has 4 rings (SSSR count). The van der Waals surface area contributed by atoms with Gasteiger partial charge in [0.1, 0.15) is 5.82 Å². The molecule has 0 radical (unpaired) electrons. The summed E-state index contributed by atoms with van der Waals surface area (Å²) in [6, 6.07) is 6.91. The zero-order valence-electron chi connectivity index (χ0n) is 15.3. The van der Waals surface area contributed by atoms with E-state index in [9.17, 15) is 9.18 Å². The van der Waals surface area contributed by atoms with Crippen molar-refractivity contribution in [2.45, 2.75) is 24.8 Å². The Labute approximate surface area is 158 Å². The molecule has 26 heavy (non-hydrogen) atoms. The minimum absolute atomic E-state index is 0.0626. The number of rotatable bonds is 3. The van der Waals surface area contributed by atoms with Gasteiger partial charge in [-0.05, 0) is 56.8 Å². The van der Waals surface area contributed by atoms with Gasteiger partial charge in [-0.15, -0.1) is 0 Å². The molecule has 0 spiro atoms. The second-order valence-corrected chi connectivity index (χ2v) is 8.79. The second kappa shape index (κ2) is 7.29. The standard InChI is InChI=1S/C21H25FN2OS/c1-23(2)12-15-7-10-17(14-5-8-16(22)9-6-14)18-13-24-11-3-4-19(24)21(25)26-20(15)18/h5-10,17-19H,3-4,11-13H2,1-2H3. The number of likely N-dealkylation sites (N-methyl/N-ethyl adjacent to an activating group) is 1. The van der Waals surface area contributed by atoms with Gasteiger partial charge in [0.25, 0.3) is 0 Å². The number of benzene rings is 1. The zero-order valence-corrected chi connectivity index (χ0v) is 16.1. The quantitative estimate of drug-likeness (QED) is 0.808. The van der Waals surface area contributed by atoms with Crippen LogP contribution in [-0.2, 0) is 4.79 Å². The average Bonchev–Trinajstić information content (AvgIpc) is 3.01. The van der Waals surface area contributed by atoms with Gasteiger partial charge in [0.2, 0.25) is 5.12 Å². The van der Waals surface area contributed by atoms with Crippen molar-refractivity contribution in [1.29, 1.82) is 0 Å². The first-order chi connectivity index (χ1) is 12.5. The summed E-state index contributed by atoms with van der Waals surface area (Å²) in [6.45, 7) is 2.75. The van der Waals surface area contributed by atoms with E-state index in [2.05, 4.69) is 36.0 Å². The van der Waals surface area contributed by atoms with Crippen molar-refractivity contribution in [2.75, 3.05) is 33.7 Å². The van der Waals surface area contributed by atoms with E-state index in [4.69, 9.17) is 0 Å². The van der Waals surface area contributed by atoms with Crippen molar-refractivity contribution in [3.63, 3.8) is 0 Å². The molecule has 2 saturated heterocycles. The Bertz CT molecular complexity index is 756. The van der Waals surface area contributed by atoms with Gasteiger partial charge in [0.05, 0.1) is 6.04 Å². The summed E-state index contributed by atoms with van der Waals surface area (Å²) < 4.78 is 13.4. The molecule has 1 aliphatic carbocycles. The first-order valence-electron chi connectivity index (χ1n) is 9.30. The van der Waals surface area contributed by atoms with E-state index in [0.717, 1.165) is 38.0 Å². The summed E-state index contributed by atoms with van der Waals surface area (Å²) in [5.41, 5.74) is 2.37. The van der Waals surface area contributed by atoms with Crippen LogP contribution in [0.2, 0.25) is 0 Å². The fraction of sp³-hybridized carbons (Fsp3) is 0.476. The van der Waals surface area contributed by atoms with E-state index in [0.29, 0.717) is 5.12 Å². The fourth-order valence-corrected chi connectivity index (χ4v) is 5.67. The molecular weight excluding hydrogens is 347 g/mol. The van der Waals surface area contributed by atoms with Crippen LogP contribution in [0.15, 0.2) is 46.9 Å².